The Bertz CT molecular complexity index is 398. The predicted octanol–water partition coefficient (Wildman–Crippen LogP) is 2.12. The van der Waals surface area contributed by atoms with Gasteiger partial charge in [-0.3, -0.25) is 0 Å². The van der Waals surface area contributed by atoms with Crippen LogP contribution in [0.1, 0.15) is 11.6 Å². The van der Waals surface area contributed by atoms with Crippen molar-refractivity contribution in [1.29, 1.82) is 0 Å². The Hall–Kier alpha value is -0.490. The van der Waals surface area contributed by atoms with Gasteiger partial charge in [0, 0.05) is 31.2 Å². The molecule has 0 saturated carbocycles. The molecule has 1 aromatic carbocycles. The Morgan fingerprint density at radius 2 is 1.89 bits per heavy atom. The van der Waals surface area contributed by atoms with Crippen LogP contribution in [0.3, 0.4) is 0 Å². The Morgan fingerprint density at radius 3 is 2.44 bits per heavy atom. The van der Waals surface area contributed by atoms with Gasteiger partial charge in [0.25, 0.3) is 0 Å². The minimum atomic E-state index is 0. The Balaban J connectivity index is 0.00000162. The third-order valence-electron chi connectivity index (χ3n) is 2.92. The van der Waals surface area contributed by atoms with Crippen molar-refractivity contribution in [2.24, 2.45) is 0 Å². The van der Waals surface area contributed by atoms with Crippen LogP contribution < -0.4 is 20.1 Å². The van der Waals surface area contributed by atoms with E-state index in [4.69, 9.17) is 9.47 Å². The molecule has 0 aromatic heterocycles. The quantitative estimate of drug-likeness (QED) is 0.887. The second-order valence-corrected chi connectivity index (χ2v) is 4.79. The maximum absolute atomic E-state index is 5.43. The lowest BCUT2D eigenvalue weighted by Gasteiger charge is -2.26. The van der Waals surface area contributed by atoms with Gasteiger partial charge in [0.15, 0.2) is 0 Å². The van der Waals surface area contributed by atoms with Gasteiger partial charge in [0.1, 0.15) is 11.5 Å². The molecule has 18 heavy (non-hydrogen) atoms. The van der Waals surface area contributed by atoms with Crippen LogP contribution in [0.15, 0.2) is 16.6 Å². The van der Waals surface area contributed by atoms with Crippen LogP contribution in [0.2, 0.25) is 0 Å². The number of rotatable bonds is 3. The van der Waals surface area contributed by atoms with Crippen LogP contribution in [0.25, 0.3) is 0 Å². The molecule has 0 aliphatic carbocycles. The van der Waals surface area contributed by atoms with Crippen LogP contribution in [0.4, 0.5) is 0 Å². The van der Waals surface area contributed by atoms with Gasteiger partial charge in [-0.25, -0.2) is 0 Å². The van der Waals surface area contributed by atoms with Crippen molar-refractivity contribution in [2.75, 3.05) is 33.9 Å². The molecule has 1 fully saturated rings. The van der Waals surface area contributed by atoms with Gasteiger partial charge >= 0.3 is 0 Å². The first kappa shape index (κ1) is 15.6. The second kappa shape index (κ2) is 7.19. The molecule has 0 bridgehead atoms. The molecule has 102 valence electrons. The SMILES string of the molecule is COc1cc([C@H]2CNCCN2)c(OC)cc1Br.Cl. The number of hydrogen-bond acceptors (Lipinski definition) is 4. The molecule has 0 radical (unpaired) electrons. The van der Waals surface area contributed by atoms with E-state index in [2.05, 4.69) is 26.6 Å². The lowest BCUT2D eigenvalue weighted by atomic mass is 10.0. The average Bonchev–Trinajstić information content (AvgIpc) is 2.39. The molecule has 4 nitrogen and oxygen atoms in total. The van der Waals surface area contributed by atoms with Crippen molar-refractivity contribution in [2.45, 2.75) is 6.04 Å². The number of halogens is 2. The fourth-order valence-electron chi connectivity index (χ4n) is 2.03. The molecule has 0 unspecified atom stereocenters. The fraction of sp³-hybridized carbons (Fsp3) is 0.500. The van der Waals surface area contributed by atoms with Crippen molar-refractivity contribution >= 4 is 28.3 Å². The summed E-state index contributed by atoms with van der Waals surface area (Å²) in [5.74, 6) is 1.70. The maximum Gasteiger partial charge on any atom is 0.133 e. The zero-order valence-electron chi connectivity index (χ0n) is 10.5. The molecule has 0 amide bonds. The van der Waals surface area contributed by atoms with E-state index in [1.807, 2.05) is 12.1 Å². The monoisotopic (exact) mass is 336 g/mol. The number of piperazine rings is 1. The number of nitrogens with one attached hydrogen (secondary N) is 2. The van der Waals surface area contributed by atoms with Crippen LogP contribution in [0, 0.1) is 0 Å². The summed E-state index contributed by atoms with van der Waals surface area (Å²) in [6.07, 6.45) is 0. The minimum absolute atomic E-state index is 0. The van der Waals surface area contributed by atoms with E-state index in [1.165, 1.54) is 0 Å². The number of methoxy groups -OCH3 is 2. The number of hydrogen-bond donors (Lipinski definition) is 2. The van der Waals surface area contributed by atoms with E-state index in [9.17, 15) is 0 Å². The Kier molecular flexibility index (Phi) is 6.21. The first-order chi connectivity index (χ1) is 8.26. The van der Waals surface area contributed by atoms with E-state index in [0.717, 1.165) is 41.2 Å². The van der Waals surface area contributed by atoms with Crippen molar-refractivity contribution in [3.8, 4) is 11.5 Å². The zero-order valence-corrected chi connectivity index (χ0v) is 12.9. The molecular weight excluding hydrogens is 320 g/mol. The van der Waals surface area contributed by atoms with Crippen LogP contribution in [0.5, 0.6) is 11.5 Å². The molecule has 6 heteroatoms. The molecular formula is C12H18BrClN2O2. The van der Waals surface area contributed by atoms with Gasteiger partial charge in [-0.2, -0.15) is 0 Å². The second-order valence-electron chi connectivity index (χ2n) is 3.94. The summed E-state index contributed by atoms with van der Waals surface area (Å²) in [6, 6.07) is 4.23. The predicted molar refractivity (Wildman–Crippen MR) is 78.1 cm³/mol. The van der Waals surface area contributed by atoms with Gasteiger partial charge < -0.3 is 20.1 Å². The van der Waals surface area contributed by atoms with Gasteiger partial charge in [-0.05, 0) is 28.1 Å². The molecule has 0 spiro atoms. The largest absolute Gasteiger partial charge is 0.496 e. The highest BCUT2D eigenvalue weighted by Gasteiger charge is 2.20. The minimum Gasteiger partial charge on any atom is -0.496 e. The van der Waals surface area contributed by atoms with E-state index < -0.39 is 0 Å². The standard InChI is InChI=1S/C12H17BrN2O2.ClH/c1-16-11-6-9(13)12(17-2)5-8(11)10-7-14-3-4-15-10;/h5-6,10,14-15H,3-4,7H2,1-2H3;1H/t10-;/m1./s1. The summed E-state index contributed by atoms with van der Waals surface area (Å²) >= 11 is 3.47. The van der Waals surface area contributed by atoms with Crippen molar-refractivity contribution < 1.29 is 9.47 Å². The number of benzene rings is 1. The average molecular weight is 338 g/mol. The molecule has 1 aliphatic heterocycles. The highest BCUT2D eigenvalue weighted by atomic mass is 79.9. The lowest BCUT2D eigenvalue weighted by Crippen LogP contribution is -2.42. The first-order valence-corrected chi connectivity index (χ1v) is 6.41. The molecule has 1 heterocycles. The highest BCUT2D eigenvalue weighted by molar-refractivity contribution is 9.10. The van der Waals surface area contributed by atoms with Gasteiger partial charge in [0.05, 0.1) is 18.7 Å². The topological polar surface area (TPSA) is 42.5 Å². The third kappa shape index (κ3) is 3.29. The Labute approximate surface area is 122 Å². The van der Waals surface area contributed by atoms with Gasteiger partial charge in [-0.15, -0.1) is 12.4 Å². The smallest absolute Gasteiger partial charge is 0.133 e. The molecule has 2 rings (SSSR count). The summed E-state index contributed by atoms with van der Waals surface area (Å²) in [4.78, 5) is 0. The van der Waals surface area contributed by atoms with Crippen molar-refractivity contribution in [3.05, 3.63) is 22.2 Å². The fourth-order valence-corrected chi connectivity index (χ4v) is 2.51. The summed E-state index contributed by atoms with van der Waals surface area (Å²) in [6.45, 7) is 2.87. The van der Waals surface area contributed by atoms with Gasteiger partial charge in [0.2, 0.25) is 0 Å². The summed E-state index contributed by atoms with van der Waals surface area (Å²) in [5.41, 5.74) is 1.12. The molecule has 1 saturated heterocycles. The first-order valence-electron chi connectivity index (χ1n) is 5.61. The Morgan fingerprint density at radius 1 is 1.17 bits per heavy atom. The highest BCUT2D eigenvalue weighted by Crippen LogP contribution is 2.35. The van der Waals surface area contributed by atoms with Crippen LogP contribution in [-0.2, 0) is 0 Å². The van der Waals surface area contributed by atoms with E-state index >= 15 is 0 Å². The normalized spacial score (nSPS) is 18.9. The molecule has 1 aromatic rings. The van der Waals surface area contributed by atoms with Gasteiger partial charge in [-0.1, -0.05) is 0 Å². The van der Waals surface area contributed by atoms with Crippen LogP contribution in [-0.4, -0.2) is 33.9 Å². The van der Waals surface area contributed by atoms with E-state index in [-0.39, 0.29) is 18.4 Å². The third-order valence-corrected chi connectivity index (χ3v) is 3.54. The molecule has 1 atom stereocenters. The zero-order chi connectivity index (χ0) is 12.3. The maximum atomic E-state index is 5.43. The summed E-state index contributed by atoms with van der Waals surface area (Å²) in [5, 5.41) is 6.83. The molecule has 2 N–H and O–H groups in total. The summed E-state index contributed by atoms with van der Waals surface area (Å²) < 4.78 is 11.7. The van der Waals surface area contributed by atoms with E-state index in [0.29, 0.717) is 0 Å². The molecule has 1 aliphatic rings. The van der Waals surface area contributed by atoms with Crippen molar-refractivity contribution in [1.82, 2.24) is 10.6 Å². The van der Waals surface area contributed by atoms with Crippen LogP contribution >= 0.6 is 28.3 Å². The lowest BCUT2D eigenvalue weighted by molar-refractivity contribution is 0.374. The van der Waals surface area contributed by atoms with E-state index in [1.54, 1.807) is 14.2 Å². The summed E-state index contributed by atoms with van der Waals surface area (Å²) in [7, 11) is 3.36. The van der Waals surface area contributed by atoms with Crippen molar-refractivity contribution in [3.63, 3.8) is 0 Å². The number of ether oxygens (including phenoxy) is 2.